The zero-order valence-electron chi connectivity index (χ0n) is 12.6. The van der Waals surface area contributed by atoms with E-state index in [-0.39, 0.29) is 17.0 Å². The Labute approximate surface area is 124 Å². The predicted molar refractivity (Wildman–Crippen MR) is 82.0 cm³/mol. The average molecular weight is 291 g/mol. The molecule has 2 aliphatic heterocycles. The Morgan fingerprint density at radius 1 is 1.43 bits per heavy atom. The highest BCUT2D eigenvalue weighted by Gasteiger charge is 2.50. The Morgan fingerprint density at radius 3 is 2.90 bits per heavy atom. The minimum atomic E-state index is -0.269. The molecule has 2 unspecified atom stereocenters. The molecule has 0 saturated carbocycles. The lowest BCUT2D eigenvalue weighted by Crippen LogP contribution is -2.59. The number of guanidine groups is 1. The van der Waals surface area contributed by atoms with Crippen LogP contribution in [0.5, 0.6) is 0 Å². The van der Waals surface area contributed by atoms with Gasteiger partial charge in [0.15, 0.2) is 5.96 Å². The van der Waals surface area contributed by atoms with Crippen molar-refractivity contribution in [2.75, 3.05) is 18.1 Å². The smallest absolute Gasteiger partial charge is 0.196 e. The number of aliphatic imine (C=N–C) groups is 1. The van der Waals surface area contributed by atoms with Gasteiger partial charge in [-0.3, -0.25) is 4.99 Å². The minimum absolute atomic E-state index is 0.206. The van der Waals surface area contributed by atoms with Crippen LogP contribution in [0.1, 0.15) is 33.1 Å². The minimum Gasteiger partial charge on any atom is -0.375 e. The summed E-state index contributed by atoms with van der Waals surface area (Å²) in [5.41, 5.74) is 6.12. The van der Waals surface area contributed by atoms with Gasteiger partial charge in [0.2, 0.25) is 0 Å². The van der Waals surface area contributed by atoms with Crippen LogP contribution in [0.3, 0.4) is 0 Å². The van der Waals surface area contributed by atoms with Gasteiger partial charge in [-0.15, -0.1) is 0 Å². The molecule has 0 amide bonds. The van der Waals surface area contributed by atoms with E-state index in [2.05, 4.69) is 18.8 Å². The first kappa shape index (κ1) is 14.3. The van der Waals surface area contributed by atoms with Crippen LogP contribution in [0.4, 0.5) is 10.1 Å². The Hall–Kier alpha value is -1.62. The van der Waals surface area contributed by atoms with E-state index in [0.29, 0.717) is 24.8 Å². The number of nitrogens with zero attached hydrogens (tertiary/aromatic N) is 2. The number of hydrogen-bond acceptors (Lipinski definition) is 4. The van der Waals surface area contributed by atoms with Crippen LogP contribution >= 0.6 is 0 Å². The van der Waals surface area contributed by atoms with Crippen LogP contribution in [0.25, 0.3) is 0 Å². The summed E-state index contributed by atoms with van der Waals surface area (Å²) in [5.74, 6) is 0.141. The van der Waals surface area contributed by atoms with Gasteiger partial charge in [0.05, 0.1) is 23.4 Å². The van der Waals surface area contributed by atoms with E-state index in [0.717, 1.165) is 19.3 Å². The summed E-state index contributed by atoms with van der Waals surface area (Å²) in [4.78, 5) is 6.30. The lowest BCUT2D eigenvalue weighted by molar-refractivity contribution is -0.0902. The summed E-state index contributed by atoms with van der Waals surface area (Å²) >= 11 is 0. The molecule has 1 fully saturated rings. The van der Waals surface area contributed by atoms with Crippen LogP contribution in [0.2, 0.25) is 0 Å². The zero-order chi connectivity index (χ0) is 15.1. The van der Waals surface area contributed by atoms with E-state index < -0.39 is 0 Å². The van der Waals surface area contributed by atoms with Crippen molar-refractivity contribution in [2.24, 2.45) is 10.7 Å². The topological polar surface area (TPSA) is 50.9 Å². The van der Waals surface area contributed by atoms with Gasteiger partial charge in [0, 0.05) is 13.0 Å². The SMILES string of the molecule is CCC1(C)CC2(CCO1)CN=C(N)N2c1ccccc1F. The first-order valence-corrected chi connectivity index (χ1v) is 7.48. The zero-order valence-corrected chi connectivity index (χ0v) is 12.6. The Bertz CT molecular complexity index is 576. The molecule has 0 aromatic heterocycles. The fourth-order valence-corrected chi connectivity index (χ4v) is 3.50. The number of nitrogens with two attached hydrogens (primary N) is 1. The van der Waals surface area contributed by atoms with Crippen molar-refractivity contribution in [1.82, 2.24) is 0 Å². The molecule has 1 aromatic carbocycles. The summed E-state index contributed by atoms with van der Waals surface area (Å²) in [7, 11) is 0. The van der Waals surface area contributed by atoms with Crippen molar-refractivity contribution in [3.8, 4) is 0 Å². The van der Waals surface area contributed by atoms with Gasteiger partial charge in [-0.05, 0) is 31.9 Å². The first-order chi connectivity index (χ1) is 10.00. The highest BCUT2D eigenvalue weighted by molar-refractivity contribution is 5.98. The van der Waals surface area contributed by atoms with E-state index >= 15 is 0 Å². The molecule has 0 radical (unpaired) electrons. The Balaban J connectivity index is 2.01. The van der Waals surface area contributed by atoms with Crippen molar-refractivity contribution in [3.05, 3.63) is 30.1 Å². The molecule has 1 spiro atoms. The highest BCUT2D eigenvalue weighted by Crippen LogP contribution is 2.43. The molecular formula is C16H22FN3O. The largest absolute Gasteiger partial charge is 0.375 e. The molecule has 1 aromatic rings. The second-order valence-electron chi connectivity index (χ2n) is 6.26. The first-order valence-electron chi connectivity index (χ1n) is 7.48. The maximum absolute atomic E-state index is 14.2. The van der Waals surface area contributed by atoms with Gasteiger partial charge in [0.1, 0.15) is 5.82 Å². The number of anilines is 1. The van der Waals surface area contributed by atoms with Crippen molar-refractivity contribution >= 4 is 11.6 Å². The third-order valence-corrected chi connectivity index (χ3v) is 4.80. The van der Waals surface area contributed by atoms with Crippen LogP contribution < -0.4 is 10.6 Å². The van der Waals surface area contributed by atoms with E-state index in [1.165, 1.54) is 6.07 Å². The molecule has 1 saturated heterocycles. The van der Waals surface area contributed by atoms with Crippen molar-refractivity contribution < 1.29 is 9.13 Å². The molecule has 2 atom stereocenters. The van der Waals surface area contributed by atoms with Gasteiger partial charge < -0.3 is 15.4 Å². The lowest BCUT2D eigenvalue weighted by Gasteiger charge is -2.48. The summed E-state index contributed by atoms with van der Waals surface area (Å²) in [6.45, 7) is 5.48. The van der Waals surface area contributed by atoms with E-state index in [4.69, 9.17) is 10.5 Å². The normalized spacial score (nSPS) is 32.5. The van der Waals surface area contributed by atoms with Gasteiger partial charge in [0.25, 0.3) is 0 Å². The molecule has 114 valence electrons. The molecule has 5 heteroatoms. The number of ether oxygens (including phenoxy) is 1. The van der Waals surface area contributed by atoms with Crippen LogP contribution in [0, 0.1) is 5.82 Å². The number of rotatable bonds is 2. The maximum atomic E-state index is 14.2. The Kier molecular flexibility index (Phi) is 3.40. The number of benzene rings is 1. The fraction of sp³-hybridized carbons (Fsp3) is 0.562. The molecule has 21 heavy (non-hydrogen) atoms. The second kappa shape index (κ2) is 4.98. The standard InChI is InChI=1S/C16H22FN3O/c1-3-15(2)10-16(8-9-21-15)11-19-14(18)20(16)13-7-5-4-6-12(13)17/h4-7H,3,8-11H2,1-2H3,(H2,18,19). The van der Waals surface area contributed by atoms with E-state index in [1.807, 2.05) is 11.0 Å². The summed E-state index contributed by atoms with van der Waals surface area (Å²) in [5, 5.41) is 0. The van der Waals surface area contributed by atoms with E-state index in [9.17, 15) is 4.39 Å². The number of hydrogen-bond donors (Lipinski definition) is 1. The third kappa shape index (κ3) is 2.29. The molecule has 0 bridgehead atoms. The van der Waals surface area contributed by atoms with Crippen molar-refractivity contribution in [1.29, 1.82) is 0 Å². The van der Waals surface area contributed by atoms with Crippen molar-refractivity contribution in [2.45, 2.75) is 44.2 Å². The molecule has 3 rings (SSSR count). The monoisotopic (exact) mass is 291 g/mol. The summed E-state index contributed by atoms with van der Waals surface area (Å²) in [6, 6.07) is 6.75. The molecule has 2 N–H and O–H groups in total. The predicted octanol–water partition coefficient (Wildman–Crippen LogP) is 2.68. The van der Waals surface area contributed by atoms with Gasteiger partial charge in [-0.2, -0.15) is 0 Å². The van der Waals surface area contributed by atoms with Crippen LogP contribution in [-0.2, 0) is 4.74 Å². The van der Waals surface area contributed by atoms with Gasteiger partial charge >= 0.3 is 0 Å². The average Bonchev–Trinajstić information content (AvgIpc) is 2.76. The second-order valence-corrected chi connectivity index (χ2v) is 6.26. The molecular weight excluding hydrogens is 269 g/mol. The Morgan fingerprint density at radius 2 is 2.19 bits per heavy atom. The third-order valence-electron chi connectivity index (χ3n) is 4.80. The quantitative estimate of drug-likeness (QED) is 0.911. The highest BCUT2D eigenvalue weighted by atomic mass is 19.1. The number of para-hydroxylation sites is 1. The van der Waals surface area contributed by atoms with Crippen LogP contribution in [-0.4, -0.2) is 30.3 Å². The van der Waals surface area contributed by atoms with Gasteiger partial charge in [-0.1, -0.05) is 19.1 Å². The van der Waals surface area contributed by atoms with E-state index in [1.54, 1.807) is 12.1 Å². The molecule has 0 aliphatic carbocycles. The fourth-order valence-electron chi connectivity index (χ4n) is 3.50. The molecule has 2 aliphatic rings. The number of halogens is 1. The lowest BCUT2D eigenvalue weighted by atomic mass is 9.78. The molecule has 4 nitrogen and oxygen atoms in total. The summed E-state index contributed by atoms with van der Waals surface area (Å²) in [6.07, 6.45) is 2.52. The summed E-state index contributed by atoms with van der Waals surface area (Å²) < 4.78 is 20.2. The maximum Gasteiger partial charge on any atom is 0.196 e. The van der Waals surface area contributed by atoms with Crippen molar-refractivity contribution in [3.63, 3.8) is 0 Å². The molecule has 2 heterocycles. The van der Waals surface area contributed by atoms with Gasteiger partial charge in [-0.25, -0.2) is 4.39 Å². The van der Waals surface area contributed by atoms with Crippen LogP contribution in [0.15, 0.2) is 29.3 Å².